The van der Waals surface area contributed by atoms with Gasteiger partial charge in [0.05, 0.1) is 24.4 Å². The number of benzene rings is 1. The van der Waals surface area contributed by atoms with Gasteiger partial charge in [0.15, 0.2) is 5.56 Å². The Morgan fingerprint density at radius 2 is 2.09 bits per heavy atom. The molecule has 0 saturated carbocycles. The van der Waals surface area contributed by atoms with Gasteiger partial charge >= 0.3 is 6.18 Å². The predicted octanol–water partition coefficient (Wildman–Crippen LogP) is 3.19. The second kappa shape index (κ2) is 6.85. The van der Waals surface area contributed by atoms with Gasteiger partial charge < -0.3 is 10.1 Å². The van der Waals surface area contributed by atoms with Crippen LogP contribution in [0.2, 0.25) is 0 Å². The van der Waals surface area contributed by atoms with Crippen molar-refractivity contribution in [3.8, 4) is 6.07 Å². The van der Waals surface area contributed by atoms with E-state index in [0.29, 0.717) is 0 Å². The monoisotopic (exact) mass is 343 g/mol. The Morgan fingerprint density at radius 3 is 2.70 bits per heavy atom. The summed E-state index contributed by atoms with van der Waals surface area (Å²) in [6.07, 6.45) is -4.54. The molecule has 1 N–H and O–H groups in total. The fourth-order valence-corrected chi connectivity index (χ4v) is 2.83. The van der Waals surface area contributed by atoms with Crippen molar-refractivity contribution < 1.29 is 17.9 Å². The van der Waals surface area contributed by atoms with Crippen LogP contribution in [0, 0.1) is 11.3 Å². The van der Waals surface area contributed by atoms with Crippen molar-refractivity contribution >= 4 is 22.2 Å². The molecule has 0 atom stereocenters. The van der Waals surface area contributed by atoms with Crippen LogP contribution in [0.25, 0.3) is 0 Å². The largest absolute Gasteiger partial charge is 0.418 e. The molecular weight excluding hydrogens is 331 g/mol. The molecule has 1 aromatic carbocycles. The Kier molecular flexibility index (Phi) is 5.08. The van der Waals surface area contributed by atoms with E-state index in [1.807, 2.05) is 0 Å². The van der Waals surface area contributed by atoms with E-state index in [9.17, 15) is 18.0 Å². The smallest absolute Gasteiger partial charge is 0.383 e. The molecule has 5 nitrogen and oxygen atoms in total. The Bertz CT molecular complexity index is 790. The number of hydrogen-bond acceptors (Lipinski definition) is 5. The summed E-state index contributed by atoms with van der Waals surface area (Å²) in [7, 11) is 1.46. The Balaban J connectivity index is 2.42. The summed E-state index contributed by atoms with van der Waals surface area (Å²) in [5.74, 6) is 0. The van der Waals surface area contributed by atoms with Crippen LogP contribution in [0.4, 0.5) is 23.9 Å². The van der Waals surface area contributed by atoms with E-state index in [-0.39, 0.29) is 29.4 Å². The molecule has 0 aliphatic heterocycles. The van der Waals surface area contributed by atoms with Crippen molar-refractivity contribution in [3.05, 3.63) is 45.7 Å². The molecule has 0 unspecified atom stereocenters. The van der Waals surface area contributed by atoms with Gasteiger partial charge in [-0.1, -0.05) is 12.1 Å². The lowest BCUT2D eigenvalue weighted by Gasteiger charge is -2.13. The maximum absolute atomic E-state index is 13.0. The van der Waals surface area contributed by atoms with Gasteiger partial charge in [-0.2, -0.15) is 18.4 Å². The normalized spacial score (nSPS) is 11.3. The molecule has 2 rings (SSSR count). The number of nitrogens with one attached hydrogen (secondary N) is 1. The topological polar surface area (TPSA) is 67.0 Å². The highest BCUT2D eigenvalue weighted by Gasteiger charge is 2.33. The quantitative estimate of drug-likeness (QED) is 0.905. The lowest BCUT2D eigenvalue weighted by molar-refractivity contribution is -0.136. The molecule has 0 radical (unpaired) electrons. The summed E-state index contributed by atoms with van der Waals surface area (Å²) in [5.41, 5.74) is -1.85. The fraction of sp³-hybridized carbons (Fsp3) is 0.286. The Labute approximate surface area is 133 Å². The van der Waals surface area contributed by atoms with Gasteiger partial charge in [-0.3, -0.25) is 8.75 Å². The molecule has 1 aromatic heterocycles. The van der Waals surface area contributed by atoms with Crippen LogP contribution >= 0.6 is 11.5 Å². The van der Waals surface area contributed by atoms with E-state index in [1.54, 1.807) is 6.07 Å². The second-order valence-electron chi connectivity index (χ2n) is 4.48. The molecule has 2 aromatic rings. The maximum atomic E-state index is 13.0. The van der Waals surface area contributed by atoms with Crippen LogP contribution in [-0.2, 0) is 17.5 Å². The molecule has 122 valence electrons. The third-order valence-electron chi connectivity index (χ3n) is 2.96. The van der Waals surface area contributed by atoms with E-state index >= 15 is 0 Å². The van der Waals surface area contributed by atoms with E-state index in [2.05, 4.69) is 5.32 Å². The Morgan fingerprint density at radius 1 is 1.39 bits per heavy atom. The predicted molar refractivity (Wildman–Crippen MR) is 79.9 cm³/mol. The fourth-order valence-electron chi connectivity index (χ4n) is 1.89. The number of rotatable bonds is 5. The summed E-state index contributed by atoms with van der Waals surface area (Å²) in [5, 5.41) is 11.7. The van der Waals surface area contributed by atoms with Crippen LogP contribution in [0.3, 0.4) is 0 Å². The number of anilines is 2. The van der Waals surface area contributed by atoms with Crippen LogP contribution in [-0.4, -0.2) is 17.7 Å². The first-order valence-corrected chi connectivity index (χ1v) is 7.22. The molecule has 0 saturated heterocycles. The molecule has 1 heterocycles. The van der Waals surface area contributed by atoms with Crippen LogP contribution in [0.15, 0.2) is 29.1 Å². The molecule has 0 amide bonds. The zero-order valence-corrected chi connectivity index (χ0v) is 12.8. The van der Waals surface area contributed by atoms with Crippen LogP contribution < -0.4 is 10.9 Å². The number of aromatic nitrogens is 1. The zero-order chi connectivity index (χ0) is 17.0. The lowest BCUT2D eigenvalue weighted by atomic mass is 10.1. The third kappa shape index (κ3) is 3.72. The number of ether oxygens (including phenoxy) is 1. The van der Waals surface area contributed by atoms with Crippen molar-refractivity contribution in [2.45, 2.75) is 12.7 Å². The zero-order valence-electron chi connectivity index (χ0n) is 12.0. The van der Waals surface area contributed by atoms with Crippen LogP contribution in [0.5, 0.6) is 0 Å². The molecule has 0 aliphatic rings. The van der Waals surface area contributed by atoms with Crippen molar-refractivity contribution in [2.75, 3.05) is 19.0 Å². The van der Waals surface area contributed by atoms with Gasteiger partial charge in [0, 0.05) is 7.11 Å². The number of halogens is 3. The molecule has 9 heteroatoms. The summed E-state index contributed by atoms with van der Waals surface area (Å²) in [6.45, 7) is 0.473. The highest BCUT2D eigenvalue weighted by atomic mass is 32.1. The van der Waals surface area contributed by atoms with E-state index < -0.39 is 17.3 Å². The highest BCUT2D eigenvalue weighted by molar-refractivity contribution is 7.11. The van der Waals surface area contributed by atoms with Gasteiger partial charge in [0.1, 0.15) is 11.1 Å². The van der Waals surface area contributed by atoms with E-state index in [4.69, 9.17) is 10.00 Å². The standard InChI is InChI=1S/C14H12F3N3O2S/c1-22-7-6-20-13(21)9(8-18)12(23-20)19-11-5-3-2-4-10(11)14(15,16)17/h2-5,19H,6-7H2,1H3. The van der Waals surface area contributed by atoms with Gasteiger partial charge in [-0.25, -0.2) is 0 Å². The molecule has 0 fully saturated rings. The van der Waals surface area contributed by atoms with Crippen molar-refractivity contribution in [2.24, 2.45) is 0 Å². The van der Waals surface area contributed by atoms with Gasteiger partial charge in [0.25, 0.3) is 5.56 Å². The lowest BCUT2D eigenvalue weighted by Crippen LogP contribution is -2.17. The SMILES string of the molecule is COCCn1sc(Nc2ccccc2C(F)(F)F)c(C#N)c1=O. The summed E-state index contributed by atoms with van der Waals surface area (Å²) in [6, 6.07) is 6.61. The first kappa shape index (κ1) is 17.1. The molecular formula is C14H12F3N3O2S. The first-order chi connectivity index (χ1) is 10.9. The van der Waals surface area contributed by atoms with Crippen LogP contribution in [0.1, 0.15) is 11.1 Å². The van der Waals surface area contributed by atoms with Crippen molar-refractivity contribution in [3.63, 3.8) is 0 Å². The third-order valence-corrected chi connectivity index (χ3v) is 4.02. The van der Waals surface area contributed by atoms with E-state index in [0.717, 1.165) is 17.6 Å². The maximum Gasteiger partial charge on any atom is 0.418 e. The number of nitrogens with zero attached hydrogens (tertiary/aromatic N) is 2. The minimum Gasteiger partial charge on any atom is -0.383 e. The minimum atomic E-state index is -4.54. The van der Waals surface area contributed by atoms with E-state index in [1.165, 1.54) is 29.3 Å². The number of para-hydroxylation sites is 1. The first-order valence-electron chi connectivity index (χ1n) is 6.45. The summed E-state index contributed by atoms with van der Waals surface area (Å²) < 4.78 is 45.1. The number of nitriles is 1. The molecule has 0 bridgehead atoms. The molecule has 0 spiro atoms. The second-order valence-corrected chi connectivity index (χ2v) is 5.51. The average molecular weight is 343 g/mol. The minimum absolute atomic E-state index is 0.0744. The van der Waals surface area contributed by atoms with Gasteiger partial charge in [-0.05, 0) is 23.7 Å². The van der Waals surface area contributed by atoms with Gasteiger partial charge in [0.2, 0.25) is 0 Å². The summed E-state index contributed by atoms with van der Waals surface area (Å²) in [4.78, 5) is 12.0. The average Bonchev–Trinajstić information content (AvgIpc) is 2.79. The molecule has 23 heavy (non-hydrogen) atoms. The highest BCUT2D eigenvalue weighted by Crippen LogP contribution is 2.36. The van der Waals surface area contributed by atoms with Crippen molar-refractivity contribution in [1.82, 2.24) is 3.96 Å². The number of methoxy groups -OCH3 is 1. The van der Waals surface area contributed by atoms with Gasteiger partial charge in [-0.15, -0.1) is 0 Å². The number of hydrogen-bond donors (Lipinski definition) is 1. The number of alkyl halides is 3. The van der Waals surface area contributed by atoms with Crippen molar-refractivity contribution in [1.29, 1.82) is 5.26 Å². The Hall–Kier alpha value is -2.31. The molecule has 0 aliphatic carbocycles. The summed E-state index contributed by atoms with van der Waals surface area (Å²) >= 11 is 0.888.